The Kier molecular flexibility index (Phi) is 4.18. The van der Waals surface area contributed by atoms with Crippen LogP contribution in [0.1, 0.15) is 6.92 Å². The SMILES string of the molecule is COc1ccc(N(C)C(C)C(=O)O)cc1Br. The number of carboxylic acid groups (broad SMARTS) is 1. The van der Waals surface area contributed by atoms with Crippen molar-refractivity contribution in [2.45, 2.75) is 13.0 Å². The summed E-state index contributed by atoms with van der Waals surface area (Å²) < 4.78 is 5.91. The molecule has 4 nitrogen and oxygen atoms in total. The first-order valence-corrected chi connectivity index (χ1v) is 5.56. The van der Waals surface area contributed by atoms with Gasteiger partial charge >= 0.3 is 5.97 Å². The summed E-state index contributed by atoms with van der Waals surface area (Å²) in [5, 5.41) is 8.91. The molecule has 88 valence electrons. The molecule has 0 saturated carbocycles. The van der Waals surface area contributed by atoms with Crippen LogP contribution in [0, 0.1) is 0 Å². The highest BCUT2D eigenvalue weighted by atomic mass is 79.9. The summed E-state index contributed by atoms with van der Waals surface area (Å²) in [7, 11) is 3.33. The second kappa shape index (κ2) is 5.21. The zero-order chi connectivity index (χ0) is 12.3. The summed E-state index contributed by atoms with van der Waals surface area (Å²) in [5.74, 6) is -0.130. The van der Waals surface area contributed by atoms with Gasteiger partial charge in [-0.2, -0.15) is 0 Å². The molecule has 0 fully saturated rings. The Balaban J connectivity index is 2.97. The molecule has 1 rings (SSSR count). The monoisotopic (exact) mass is 287 g/mol. The van der Waals surface area contributed by atoms with Crippen molar-refractivity contribution < 1.29 is 14.6 Å². The maximum Gasteiger partial charge on any atom is 0.326 e. The van der Waals surface area contributed by atoms with E-state index < -0.39 is 12.0 Å². The molecule has 1 N–H and O–H groups in total. The summed E-state index contributed by atoms with van der Waals surface area (Å²) in [6.07, 6.45) is 0. The van der Waals surface area contributed by atoms with E-state index in [2.05, 4.69) is 15.9 Å². The quantitative estimate of drug-likeness (QED) is 0.924. The van der Waals surface area contributed by atoms with Gasteiger partial charge in [-0.25, -0.2) is 4.79 Å². The number of rotatable bonds is 4. The zero-order valence-corrected chi connectivity index (χ0v) is 11.0. The van der Waals surface area contributed by atoms with Gasteiger partial charge in [-0.15, -0.1) is 0 Å². The Hall–Kier alpha value is -1.23. The van der Waals surface area contributed by atoms with E-state index in [4.69, 9.17) is 9.84 Å². The molecule has 0 aromatic heterocycles. The molecule has 1 aromatic rings. The highest BCUT2D eigenvalue weighted by Crippen LogP contribution is 2.29. The highest BCUT2D eigenvalue weighted by molar-refractivity contribution is 9.10. The maximum absolute atomic E-state index is 10.8. The van der Waals surface area contributed by atoms with Crippen LogP contribution in [0.25, 0.3) is 0 Å². The number of carboxylic acids is 1. The number of hydrogen-bond donors (Lipinski definition) is 1. The van der Waals surface area contributed by atoms with Gasteiger partial charge < -0.3 is 14.7 Å². The summed E-state index contributed by atoms with van der Waals surface area (Å²) in [4.78, 5) is 12.5. The summed E-state index contributed by atoms with van der Waals surface area (Å²) in [6.45, 7) is 1.64. The maximum atomic E-state index is 10.8. The van der Waals surface area contributed by atoms with E-state index in [0.29, 0.717) is 0 Å². The molecule has 0 radical (unpaired) electrons. The van der Waals surface area contributed by atoms with Crippen molar-refractivity contribution in [3.63, 3.8) is 0 Å². The van der Waals surface area contributed by atoms with Crippen molar-refractivity contribution in [2.24, 2.45) is 0 Å². The summed E-state index contributed by atoms with van der Waals surface area (Å²) >= 11 is 3.36. The fraction of sp³-hybridized carbons (Fsp3) is 0.364. The van der Waals surface area contributed by atoms with E-state index in [1.807, 2.05) is 12.1 Å². The minimum Gasteiger partial charge on any atom is -0.496 e. The summed E-state index contributed by atoms with van der Waals surface area (Å²) in [6, 6.07) is 4.88. The largest absolute Gasteiger partial charge is 0.496 e. The van der Waals surface area contributed by atoms with Gasteiger partial charge in [0.05, 0.1) is 11.6 Å². The van der Waals surface area contributed by atoms with E-state index >= 15 is 0 Å². The van der Waals surface area contributed by atoms with Crippen molar-refractivity contribution in [2.75, 3.05) is 19.1 Å². The predicted octanol–water partition coefficient (Wildman–Crippen LogP) is 2.37. The molecule has 0 amide bonds. The molecule has 0 bridgehead atoms. The minimum atomic E-state index is -0.852. The third-order valence-corrected chi connectivity index (χ3v) is 3.10. The third kappa shape index (κ3) is 2.66. The van der Waals surface area contributed by atoms with Gasteiger partial charge in [-0.3, -0.25) is 0 Å². The van der Waals surface area contributed by atoms with E-state index in [1.54, 1.807) is 32.0 Å². The molecule has 0 spiro atoms. The number of likely N-dealkylation sites (N-methyl/N-ethyl adjacent to an activating group) is 1. The molecule has 0 aliphatic rings. The van der Waals surface area contributed by atoms with Crippen LogP contribution >= 0.6 is 15.9 Å². The van der Waals surface area contributed by atoms with Gasteiger partial charge in [0.2, 0.25) is 0 Å². The van der Waals surface area contributed by atoms with Crippen LogP contribution in [-0.2, 0) is 4.79 Å². The average molecular weight is 288 g/mol. The van der Waals surface area contributed by atoms with Crippen molar-refractivity contribution in [3.05, 3.63) is 22.7 Å². The number of carbonyl (C=O) groups is 1. The number of halogens is 1. The molecule has 1 atom stereocenters. The molecule has 1 unspecified atom stereocenters. The van der Waals surface area contributed by atoms with Crippen LogP contribution in [0.2, 0.25) is 0 Å². The lowest BCUT2D eigenvalue weighted by Gasteiger charge is -2.24. The third-order valence-electron chi connectivity index (χ3n) is 2.48. The number of ether oxygens (including phenoxy) is 1. The number of nitrogens with zero attached hydrogens (tertiary/aromatic N) is 1. The molecule has 1 aromatic carbocycles. The smallest absolute Gasteiger partial charge is 0.326 e. The Morgan fingerprint density at radius 1 is 1.56 bits per heavy atom. The van der Waals surface area contributed by atoms with E-state index in [1.165, 1.54) is 0 Å². The van der Waals surface area contributed by atoms with E-state index in [9.17, 15) is 4.79 Å². The van der Waals surface area contributed by atoms with Crippen molar-refractivity contribution in [3.8, 4) is 5.75 Å². The summed E-state index contributed by atoms with van der Waals surface area (Å²) in [5.41, 5.74) is 0.822. The minimum absolute atomic E-state index is 0.569. The molecule has 0 saturated heterocycles. The first kappa shape index (κ1) is 12.8. The van der Waals surface area contributed by atoms with Crippen LogP contribution in [0.3, 0.4) is 0 Å². The molecule has 5 heteroatoms. The fourth-order valence-corrected chi connectivity index (χ4v) is 1.79. The normalized spacial score (nSPS) is 12.0. The Labute approximate surface area is 103 Å². The van der Waals surface area contributed by atoms with Crippen molar-refractivity contribution in [1.29, 1.82) is 0 Å². The van der Waals surface area contributed by atoms with Crippen molar-refractivity contribution >= 4 is 27.6 Å². The fourth-order valence-electron chi connectivity index (χ4n) is 1.26. The number of methoxy groups -OCH3 is 1. The number of hydrogen-bond acceptors (Lipinski definition) is 3. The lowest BCUT2D eigenvalue weighted by Crippen LogP contribution is -2.35. The topological polar surface area (TPSA) is 49.8 Å². The Bertz CT molecular complexity index is 395. The van der Waals surface area contributed by atoms with Crippen LogP contribution < -0.4 is 9.64 Å². The van der Waals surface area contributed by atoms with Crippen molar-refractivity contribution in [1.82, 2.24) is 0 Å². The molecule has 16 heavy (non-hydrogen) atoms. The van der Waals surface area contributed by atoms with Crippen LogP contribution in [0.15, 0.2) is 22.7 Å². The lowest BCUT2D eigenvalue weighted by atomic mass is 10.2. The van der Waals surface area contributed by atoms with Gasteiger partial charge in [0.25, 0.3) is 0 Å². The number of aliphatic carboxylic acids is 1. The lowest BCUT2D eigenvalue weighted by molar-refractivity contribution is -0.138. The van der Waals surface area contributed by atoms with Gasteiger partial charge in [0.1, 0.15) is 11.8 Å². The van der Waals surface area contributed by atoms with Gasteiger partial charge in [-0.1, -0.05) is 0 Å². The van der Waals surface area contributed by atoms with Crippen LogP contribution in [-0.4, -0.2) is 31.3 Å². The van der Waals surface area contributed by atoms with E-state index in [0.717, 1.165) is 15.9 Å². The van der Waals surface area contributed by atoms with Gasteiger partial charge in [-0.05, 0) is 41.1 Å². The van der Waals surface area contributed by atoms with Crippen LogP contribution in [0.4, 0.5) is 5.69 Å². The Morgan fingerprint density at radius 3 is 2.62 bits per heavy atom. The zero-order valence-electron chi connectivity index (χ0n) is 9.40. The molecular weight excluding hydrogens is 274 g/mol. The first-order chi connectivity index (χ1) is 7.47. The second-order valence-corrected chi connectivity index (χ2v) is 4.30. The number of anilines is 1. The standard InChI is InChI=1S/C11H14BrNO3/c1-7(11(14)15)13(2)8-4-5-10(16-3)9(12)6-8/h4-7H,1-3H3,(H,14,15). The number of benzene rings is 1. The average Bonchev–Trinajstić information content (AvgIpc) is 2.26. The molecule has 0 aliphatic carbocycles. The Morgan fingerprint density at radius 2 is 2.19 bits per heavy atom. The predicted molar refractivity (Wildman–Crippen MR) is 66.2 cm³/mol. The van der Waals surface area contributed by atoms with Gasteiger partial charge in [0.15, 0.2) is 0 Å². The van der Waals surface area contributed by atoms with E-state index in [-0.39, 0.29) is 0 Å². The highest BCUT2D eigenvalue weighted by Gasteiger charge is 2.17. The molecule has 0 aliphatic heterocycles. The first-order valence-electron chi connectivity index (χ1n) is 4.76. The molecular formula is C11H14BrNO3. The molecule has 0 heterocycles. The van der Waals surface area contributed by atoms with Gasteiger partial charge in [0, 0.05) is 12.7 Å². The second-order valence-electron chi connectivity index (χ2n) is 3.44. The van der Waals surface area contributed by atoms with Crippen LogP contribution in [0.5, 0.6) is 5.75 Å².